The van der Waals surface area contributed by atoms with E-state index in [1.807, 2.05) is 135 Å². The first-order chi connectivity index (χ1) is 33.8. The summed E-state index contributed by atoms with van der Waals surface area (Å²) in [5.74, 6) is 0.489. The van der Waals surface area contributed by atoms with Crippen molar-refractivity contribution >= 4 is 87.7 Å². The summed E-state index contributed by atoms with van der Waals surface area (Å²) in [4.78, 5) is 72.9. The molecular formula is C57H52N4O9. The van der Waals surface area contributed by atoms with Gasteiger partial charge in [-0.25, -0.2) is 4.98 Å². The van der Waals surface area contributed by atoms with Crippen LogP contribution in [0.15, 0.2) is 176 Å². The van der Waals surface area contributed by atoms with E-state index in [9.17, 15) is 39.0 Å². The van der Waals surface area contributed by atoms with Gasteiger partial charge in [-0.05, 0) is 108 Å². The van der Waals surface area contributed by atoms with Gasteiger partial charge in [0.25, 0.3) is 0 Å². The Labute approximate surface area is 405 Å². The molecule has 13 heteroatoms. The maximum absolute atomic E-state index is 10.7. The molecule has 0 unspecified atom stereocenters. The van der Waals surface area contributed by atoms with Gasteiger partial charge in [-0.2, -0.15) is 0 Å². The highest BCUT2D eigenvalue weighted by molar-refractivity contribution is 6.01. The maximum Gasteiger partial charge on any atom is 0.168 e. The number of benzene rings is 7. The number of pyridine rings is 1. The third-order valence-corrected chi connectivity index (χ3v) is 10.0. The van der Waals surface area contributed by atoms with Crippen molar-refractivity contribution in [2.24, 2.45) is 0 Å². The average Bonchev–Trinajstić information content (AvgIpc) is 3.83. The van der Waals surface area contributed by atoms with Crippen LogP contribution in [0.1, 0.15) is 57.5 Å². The van der Waals surface area contributed by atoms with Gasteiger partial charge in [0.2, 0.25) is 0 Å². The van der Waals surface area contributed by atoms with E-state index >= 15 is 0 Å². The van der Waals surface area contributed by atoms with Crippen LogP contribution in [0, 0.1) is 0 Å². The lowest BCUT2D eigenvalue weighted by molar-refractivity contribution is -0.104. The number of aldehydes is 6. The molecule has 0 radical (unpaired) electrons. The van der Waals surface area contributed by atoms with Gasteiger partial charge in [0.1, 0.15) is 47.3 Å². The lowest BCUT2D eigenvalue weighted by atomic mass is 10.0. The van der Waals surface area contributed by atoms with Gasteiger partial charge >= 0.3 is 0 Å². The van der Waals surface area contributed by atoms with Crippen molar-refractivity contribution in [1.82, 2.24) is 9.97 Å². The second-order valence-corrected chi connectivity index (χ2v) is 15.2. The van der Waals surface area contributed by atoms with Gasteiger partial charge < -0.3 is 30.1 Å². The minimum Gasteiger partial charge on any atom is -0.508 e. The van der Waals surface area contributed by atoms with E-state index < -0.39 is 0 Å². The first-order valence-corrected chi connectivity index (χ1v) is 21.4. The van der Waals surface area contributed by atoms with Crippen molar-refractivity contribution in [3.05, 3.63) is 210 Å². The summed E-state index contributed by atoms with van der Waals surface area (Å²) in [5, 5.41) is 30.9. The Hall–Kier alpha value is -9.49. The first kappa shape index (κ1) is 53.1. The predicted octanol–water partition coefficient (Wildman–Crippen LogP) is 10.8. The molecule has 0 aliphatic rings. The highest BCUT2D eigenvalue weighted by atomic mass is 16.3. The predicted molar refractivity (Wildman–Crippen MR) is 279 cm³/mol. The zero-order chi connectivity index (χ0) is 50.8. The van der Waals surface area contributed by atoms with Crippen molar-refractivity contribution in [2.45, 2.75) is 0 Å². The number of nitrogens with zero attached hydrogens (tertiary/aromatic N) is 3. The molecule has 70 heavy (non-hydrogen) atoms. The van der Waals surface area contributed by atoms with Crippen LogP contribution in [0.25, 0.3) is 38.7 Å². The van der Waals surface area contributed by atoms with Crippen LogP contribution in [-0.4, -0.2) is 91.2 Å². The fraction of sp³-hybridized carbons (Fsp3) is 0.0702. The van der Waals surface area contributed by atoms with Crippen LogP contribution in [0.3, 0.4) is 0 Å². The number of anilines is 2. The highest BCUT2D eigenvalue weighted by Gasteiger charge is 2.04. The molecule has 7 aromatic carbocycles. The lowest BCUT2D eigenvalue weighted by Crippen LogP contribution is -2.08. The Morgan fingerprint density at radius 2 is 1.00 bits per heavy atom. The summed E-state index contributed by atoms with van der Waals surface area (Å²) in [5.41, 5.74) is 7.73. The summed E-state index contributed by atoms with van der Waals surface area (Å²) in [6.07, 6.45) is 9.67. The van der Waals surface area contributed by atoms with Crippen molar-refractivity contribution in [1.29, 1.82) is 0 Å². The van der Waals surface area contributed by atoms with Crippen LogP contribution in [0.5, 0.6) is 17.2 Å². The smallest absolute Gasteiger partial charge is 0.168 e. The topological polar surface area (TPSA) is 198 Å². The fourth-order valence-electron chi connectivity index (χ4n) is 6.25. The van der Waals surface area contributed by atoms with Gasteiger partial charge in [-0.3, -0.25) is 28.8 Å². The Balaban J connectivity index is 0.000000183. The number of aromatic hydroxyl groups is 3. The summed E-state index contributed by atoms with van der Waals surface area (Å²) < 4.78 is 0. The summed E-state index contributed by atoms with van der Waals surface area (Å²) in [6, 6.07) is 48.2. The number of carbonyl (C=O) groups excluding carboxylic acids is 6. The minimum atomic E-state index is 0.0983. The largest absolute Gasteiger partial charge is 0.508 e. The number of H-pyrrole nitrogens is 1. The number of aromatic nitrogens is 2. The number of aromatic amines is 1. The van der Waals surface area contributed by atoms with E-state index in [1.165, 1.54) is 24.3 Å². The number of phenols is 3. The first-order valence-electron chi connectivity index (χ1n) is 21.4. The molecule has 0 aliphatic carbocycles. The van der Waals surface area contributed by atoms with Crippen LogP contribution in [0.2, 0.25) is 0 Å². The van der Waals surface area contributed by atoms with Crippen molar-refractivity contribution in [3.8, 4) is 17.2 Å². The minimum absolute atomic E-state index is 0.0983. The van der Waals surface area contributed by atoms with Gasteiger partial charge in [-0.15, -0.1) is 0 Å². The Bertz CT molecular complexity index is 3140. The van der Waals surface area contributed by atoms with E-state index in [4.69, 9.17) is 5.11 Å². The number of allylic oxidation sites excluding steroid dienone is 1. The zero-order valence-electron chi connectivity index (χ0n) is 38.9. The Morgan fingerprint density at radius 1 is 0.457 bits per heavy atom. The fourth-order valence-corrected chi connectivity index (χ4v) is 6.25. The normalized spacial score (nSPS) is 9.89. The second kappa shape index (κ2) is 27.9. The molecule has 0 fully saturated rings. The number of phenolic OH excluding ortho intramolecular Hbond substituents is 3. The summed E-state index contributed by atoms with van der Waals surface area (Å²) in [6.45, 7) is 0. The molecule has 0 bridgehead atoms. The molecule has 9 aromatic rings. The number of para-hydroxylation sites is 2. The standard InChI is InChI=1S/C11H13NO.C11H8O2.C10H7NO2.C9H7NO.C9H11NO.C7H6O2/c1-12(2)11-7-5-10(6-8-11)4-3-9-13;12-7-8-5-6-11(13)10-4-2-1-3-9(8)10;12-6-8-5-4-7-2-1-3-9(13)10(7)11-8;11-6-7-5-10-9-4-2-1-3-8(7)9;1-10(2)9-5-3-8(7-11)4-6-9;8-5-6-1-3-7(9)4-2-6/h3-9H,1-2H3;1-7,13H;1-6,13H;1-6,10H;3-7H,1-2H3;1-5,9H. The molecule has 9 rings (SSSR count). The van der Waals surface area contributed by atoms with Gasteiger partial charge in [0, 0.05) is 89.7 Å². The average molecular weight is 937 g/mol. The highest BCUT2D eigenvalue weighted by Crippen LogP contribution is 2.26. The molecule has 0 saturated carbocycles. The zero-order valence-corrected chi connectivity index (χ0v) is 38.9. The molecule has 2 aromatic heterocycles. The second-order valence-electron chi connectivity index (χ2n) is 15.2. The van der Waals surface area contributed by atoms with Crippen LogP contribution in [-0.2, 0) is 4.79 Å². The third kappa shape index (κ3) is 16.1. The number of nitrogens with one attached hydrogen (secondary N) is 1. The molecule has 13 nitrogen and oxygen atoms in total. The van der Waals surface area contributed by atoms with Crippen LogP contribution in [0.4, 0.5) is 11.4 Å². The molecule has 4 N–H and O–H groups in total. The molecular weight excluding hydrogens is 885 g/mol. The summed E-state index contributed by atoms with van der Waals surface area (Å²) in [7, 11) is 7.93. The molecule has 0 spiro atoms. The monoisotopic (exact) mass is 936 g/mol. The molecule has 0 aliphatic heterocycles. The van der Waals surface area contributed by atoms with Gasteiger partial charge in [-0.1, -0.05) is 78.9 Å². The van der Waals surface area contributed by atoms with E-state index in [-0.39, 0.29) is 17.2 Å². The van der Waals surface area contributed by atoms with E-state index in [0.29, 0.717) is 34.0 Å². The molecule has 0 amide bonds. The molecule has 0 saturated heterocycles. The number of fused-ring (bicyclic) bond motifs is 3. The Morgan fingerprint density at radius 3 is 1.54 bits per heavy atom. The van der Waals surface area contributed by atoms with Crippen LogP contribution >= 0.6 is 0 Å². The molecule has 2 heterocycles. The van der Waals surface area contributed by atoms with E-state index in [1.54, 1.807) is 60.8 Å². The number of rotatable bonds is 9. The number of carbonyl (C=O) groups is 6. The van der Waals surface area contributed by atoms with Gasteiger partial charge in [0.05, 0.1) is 0 Å². The quantitative estimate of drug-likeness (QED) is 0.0790. The summed E-state index contributed by atoms with van der Waals surface area (Å²) >= 11 is 0. The third-order valence-electron chi connectivity index (χ3n) is 10.0. The molecule has 354 valence electrons. The van der Waals surface area contributed by atoms with E-state index in [0.717, 1.165) is 81.2 Å². The maximum atomic E-state index is 10.7. The van der Waals surface area contributed by atoms with Crippen molar-refractivity contribution < 1.29 is 44.1 Å². The van der Waals surface area contributed by atoms with Gasteiger partial charge in [0.15, 0.2) is 18.9 Å². The van der Waals surface area contributed by atoms with E-state index in [2.05, 4.69) is 9.97 Å². The van der Waals surface area contributed by atoms with Crippen molar-refractivity contribution in [3.63, 3.8) is 0 Å². The number of hydrogen-bond donors (Lipinski definition) is 4. The Kier molecular flexibility index (Phi) is 21.1. The lowest BCUT2D eigenvalue weighted by Gasteiger charge is -2.11. The number of hydrogen-bond acceptors (Lipinski definition) is 12. The molecule has 0 atom stereocenters. The SMILES string of the molecule is CN(C)c1ccc(C=CC=O)cc1.CN(C)c1ccc(C=O)cc1.O=Cc1c[nH]c2ccccc12.O=Cc1ccc(O)c2ccccc12.O=Cc1ccc(O)cc1.O=Cc1ccc2cccc(O)c2n1. The van der Waals surface area contributed by atoms with Crippen LogP contribution < -0.4 is 9.80 Å². The van der Waals surface area contributed by atoms with Crippen molar-refractivity contribution in [2.75, 3.05) is 38.0 Å².